The highest BCUT2D eigenvalue weighted by Gasteiger charge is 2.53. The minimum atomic E-state index is -4.69. The molecule has 0 amide bonds. The van der Waals surface area contributed by atoms with Gasteiger partial charge in [-0.1, -0.05) is 67.8 Å². The number of halogens is 33. The number of pyridine rings is 5. The molecule has 0 radical (unpaired) electrons. The van der Waals surface area contributed by atoms with Crippen LogP contribution in [0.1, 0.15) is 144 Å². The number of aromatic nitrogens is 15. The maximum absolute atomic E-state index is 14.2. The molecule has 0 bridgehead atoms. The SMILES string of the molecule is C.C.C.C.C.C.CC1=C(c2cnc(O[C@@H](C)C(F)(F)F)c(F)c2)N=CC(NCC(=O)C(F)(F)Br)N1.C[C@H](Oc1ncc(-c2cnc(NN)cn2)cc1F)C(F)(F)F.C[C@H](Oc1ncc(B2OC(C)(C)C(C)(C)O2)cc1F)C(F)(F)F.Cc1c(-c2cnc(O[C@@H](C)C(F)(F)F)c(F)c2)ncc2nnc(C(F)(F)Br)n12.Cc1nc(Cl)cnc1-c1cnc(O[C@@H](C)C(F)(F)F)c(F)c1.Cc1nc(Cl)cnc1Br.N=N.O.O=C(Cl)C(F)(F)Br.[HH]. The van der Waals surface area contributed by atoms with Gasteiger partial charge >= 0.3 is 57.7 Å². The van der Waals surface area contributed by atoms with Crippen LogP contribution in [-0.4, -0.2) is 199 Å². The summed E-state index contributed by atoms with van der Waals surface area (Å²) in [7, 11) is -0.851. The minimum Gasteiger partial charge on any atom is -0.463 e. The van der Waals surface area contributed by atoms with Crippen molar-refractivity contribution in [3.63, 3.8) is 0 Å². The monoisotopic (exact) mass is 2490 g/mol. The number of nitrogens with zero attached hydrogens (tertiary/aromatic N) is 16. The first-order chi connectivity index (χ1) is 65.1. The second-order valence-electron chi connectivity index (χ2n) is 29.2. The third-order valence-electron chi connectivity index (χ3n) is 18.1. The molecule has 12 rings (SSSR count). The zero-order valence-electron chi connectivity index (χ0n) is 74.4. The molecule has 10 aromatic rings. The smallest absolute Gasteiger partial charge is 0.463 e. The van der Waals surface area contributed by atoms with Gasteiger partial charge < -0.3 is 49.2 Å². The van der Waals surface area contributed by atoms with E-state index in [1.165, 1.54) is 44.1 Å². The Balaban J connectivity index is -0.000000843. The molecule has 834 valence electrons. The number of carbonyl (C=O) groups is 2. The fourth-order valence-corrected chi connectivity index (χ4v) is 10.8. The predicted octanol–water partition coefficient (Wildman–Crippen LogP) is 24.7. The summed E-state index contributed by atoms with van der Waals surface area (Å²) in [5.41, 5.74) is 14.7. The van der Waals surface area contributed by atoms with E-state index in [9.17, 15) is 124 Å². The van der Waals surface area contributed by atoms with Crippen LogP contribution in [0.4, 0.5) is 120 Å². The summed E-state index contributed by atoms with van der Waals surface area (Å²) < 4.78 is 368. The van der Waals surface area contributed by atoms with Gasteiger partial charge in [-0.3, -0.25) is 39.3 Å². The van der Waals surface area contributed by atoms with E-state index < -0.39 is 182 Å². The van der Waals surface area contributed by atoms with Crippen LogP contribution in [0.25, 0.3) is 45.1 Å². The van der Waals surface area contributed by atoms with Crippen molar-refractivity contribution in [2.45, 2.75) is 228 Å². The third kappa shape index (κ3) is 42.5. The molecule has 2 aliphatic heterocycles. The van der Waals surface area contributed by atoms with Crippen molar-refractivity contribution in [1.82, 2.24) is 85.0 Å². The summed E-state index contributed by atoms with van der Waals surface area (Å²) in [4.78, 5) is 59.5. The number of nitrogens with two attached hydrogens (primary N) is 1. The Bertz CT molecular complexity index is 6050. The van der Waals surface area contributed by atoms with Gasteiger partial charge in [-0.15, -0.1) is 10.2 Å². The number of ether oxygens (including phenoxy) is 5. The molecule has 32 nitrogen and oxygen atoms in total. The number of fused-ring (bicyclic) bond motifs is 1. The second kappa shape index (κ2) is 58.8. The molecule has 0 aromatic carbocycles. The van der Waals surface area contributed by atoms with Crippen LogP contribution in [-0.2, 0) is 23.7 Å². The normalized spacial score (nSPS) is 14.4. The van der Waals surface area contributed by atoms with E-state index in [2.05, 4.69) is 158 Å². The summed E-state index contributed by atoms with van der Waals surface area (Å²) in [5.74, 6) is -5.82. The molecule has 10 aromatic heterocycles. The fraction of sp³-hybridized carbons (Fsp3) is 0.434. The maximum atomic E-state index is 14.2. The van der Waals surface area contributed by atoms with Gasteiger partial charge in [0, 0.05) is 93.7 Å². The molecule has 9 N–H and O–H groups in total. The number of nitrogens with one attached hydrogen (secondary N) is 5. The predicted molar refractivity (Wildman–Crippen MR) is 515 cm³/mol. The Morgan fingerprint density at radius 2 is 0.859 bits per heavy atom. The van der Waals surface area contributed by atoms with Crippen LogP contribution in [0, 0.1) is 60.9 Å². The van der Waals surface area contributed by atoms with Crippen molar-refractivity contribution in [3.8, 4) is 63.2 Å². The molecule has 6 atom stereocenters. The quantitative estimate of drug-likeness (QED) is 0.00698. The van der Waals surface area contributed by atoms with Crippen LogP contribution in [0.5, 0.6) is 29.4 Å². The molecule has 1 saturated heterocycles. The van der Waals surface area contributed by atoms with Crippen molar-refractivity contribution in [2.24, 2.45) is 10.8 Å². The standard InChI is InChI=1S/C16H15BrF6N4O2.C15H10BrF6N5O.C14H18BF4NO3.C13H10ClF4N3O.C12H11F4N5O.C5H4BrClN2.C2BrClF2O.6CH4.H2N2.H2O.H2/c1-7-13(25-6-12(27-7)24-5-11(28)15(17,19)20)9-3-10(18)14(26-4-9)29-8(2)16(21,22)23;1-6-11(23-5-10-25-26-13(27(6)10)14(16,18)19)8-3-9(17)12(24-4-8)28-7(2)15(20,21)22;1-8(14(17,18)19)21-11-10(16)6-9(7-20-11)15-22-12(2,3)13(4,5)23-15;1-6-11(19-5-10(14)21-6)8-3-9(15)12(20-4-8)22-7(2)13(16,17)18;1-6(12(14,15)16)22-11-8(13)2-7(3-20-11)9-4-19-10(21-17)5-18-9;1-3-5(6)8-2-4(7)9-3;3-2(5,6)1(4)7;;;;;;;1-2;;/h3-4,6,8,12,24,27H,5H2,1-2H3;3-5,7H,1-2H3;6-8H,1-5H3;3-5,7H,1-2H3;2-6H,17H2,1H3,(H,19,21);2H,1H3;;6*1H4;1-2H;1H2;1H/t8-,12?;7-;8-;7-;6-;;;;;;;;;;;/m00000.........../s1. The number of Topliss-reactive ketones (excluding diaryl/α,β-unsaturated/α-hetero) is 1. The molecule has 149 heavy (non-hydrogen) atoms. The van der Waals surface area contributed by atoms with Crippen LogP contribution < -0.4 is 51.0 Å². The van der Waals surface area contributed by atoms with Gasteiger partial charge in [-0.2, -0.15) is 92.2 Å². The Morgan fingerprint density at radius 1 is 0.503 bits per heavy atom. The largest absolute Gasteiger partial charge is 0.496 e. The zero-order valence-corrected chi connectivity index (χ0v) is 83.0. The highest BCUT2D eigenvalue weighted by atomic mass is 79.9. The number of carbonyl (C=O) groups excluding carboxylic acids is 2. The number of aliphatic imine (C=N–C) groups is 1. The molecular weight excluding hydrogens is 2400 g/mol. The van der Waals surface area contributed by atoms with Crippen molar-refractivity contribution in [3.05, 3.63) is 170 Å². The minimum absolute atomic E-state index is 0. The van der Waals surface area contributed by atoms with Gasteiger partial charge in [0.2, 0.25) is 11.6 Å². The lowest BCUT2D eigenvalue weighted by Gasteiger charge is -2.32. The molecule has 0 spiro atoms. The zero-order chi connectivity index (χ0) is 108. The van der Waals surface area contributed by atoms with Gasteiger partial charge in [0.05, 0.1) is 82.9 Å². The highest BCUT2D eigenvalue weighted by Crippen LogP contribution is 2.41. The Kier molecular flexibility index (Phi) is 56.2. The molecule has 0 aliphatic carbocycles. The van der Waals surface area contributed by atoms with Gasteiger partial charge in [0.25, 0.3) is 29.4 Å². The summed E-state index contributed by atoms with van der Waals surface area (Å²) in [6.07, 6.45) is -21.5. The first-order valence-electron chi connectivity index (χ1n) is 38.5. The molecule has 0 saturated carbocycles. The number of anilines is 1. The maximum Gasteiger partial charge on any atom is 0.496 e. The van der Waals surface area contributed by atoms with Crippen LogP contribution in [0.2, 0.25) is 10.3 Å². The number of hydrazine groups is 1. The molecule has 2 aliphatic rings. The van der Waals surface area contributed by atoms with Gasteiger partial charge in [-0.05, 0) is 180 Å². The number of ketones is 1. The number of alkyl halides is 24. The van der Waals surface area contributed by atoms with Crippen LogP contribution in [0.3, 0.4) is 0 Å². The summed E-state index contributed by atoms with van der Waals surface area (Å²) in [6, 6.07) is 4.71. The Hall–Kier alpha value is -10.7. The molecule has 1 fully saturated rings. The van der Waals surface area contributed by atoms with Crippen LogP contribution >= 0.6 is 98.5 Å². The van der Waals surface area contributed by atoms with E-state index >= 15 is 0 Å². The van der Waals surface area contributed by atoms with Gasteiger partial charge in [0.15, 0.2) is 71.1 Å². The summed E-state index contributed by atoms with van der Waals surface area (Å²) >= 11 is 24.6. The van der Waals surface area contributed by atoms with Gasteiger partial charge in [0.1, 0.15) is 21.1 Å². The van der Waals surface area contributed by atoms with Crippen molar-refractivity contribution < 1.29 is 164 Å². The third-order valence-corrected chi connectivity index (χ3v) is 20.8. The highest BCUT2D eigenvalue weighted by molar-refractivity contribution is 9.10. The number of hydrogen-bond donors (Lipinski definition) is 6. The summed E-state index contributed by atoms with van der Waals surface area (Å²) in [5, 5.41) is 11.3. The average molecular weight is 2490 g/mol. The van der Waals surface area contributed by atoms with Crippen molar-refractivity contribution >= 4 is 146 Å². The Morgan fingerprint density at radius 3 is 1.19 bits per heavy atom. The van der Waals surface area contributed by atoms with E-state index in [-0.39, 0.29) is 113 Å². The second-order valence-corrected chi connectivity index (χ2v) is 34.0. The van der Waals surface area contributed by atoms with E-state index in [1.54, 1.807) is 29.8 Å². The lowest BCUT2D eigenvalue weighted by molar-refractivity contribution is -0.190. The van der Waals surface area contributed by atoms with E-state index in [4.69, 9.17) is 49.4 Å². The number of hydrogen-bond acceptors (Lipinski definition) is 30. The topological polar surface area (TPSA) is 437 Å². The lowest BCUT2D eigenvalue weighted by Crippen LogP contribution is -2.48. The Labute approximate surface area is 884 Å². The summed E-state index contributed by atoms with van der Waals surface area (Å²) in [6.45, 7) is 16.9. The molecule has 1 unspecified atom stereocenters. The van der Waals surface area contributed by atoms with Gasteiger partial charge in [-0.25, -0.2) is 83.7 Å². The fourth-order valence-electron chi connectivity index (χ4n) is 9.89. The van der Waals surface area contributed by atoms with E-state index in [0.717, 1.165) is 104 Å². The van der Waals surface area contributed by atoms with Crippen molar-refractivity contribution in [1.29, 1.82) is 11.1 Å². The average Bonchev–Trinajstić information content (AvgIpc) is 1.62. The molecular formula is C83H98BBr4Cl3F26N22O10. The molecule has 66 heteroatoms. The van der Waals surface area contributed by atoms with Crippen LogP contribution in [0.15, 0.2) is 108 Å². The number of allylic oxidation sites excluding steroid dienone is 1. The number of aryl methyl sites for hydroxylation is 3. The van der Waals surface area contributed by atoms with E-state index in [1.807, 2.05) is 50.5 Å². The number of nitrogen functional groups attached to an aromatic ring is 1. The van der Waals surface area contributed by atoms with E-state index in [0.29, 0.717) is 35.0 Å². The first kappa shape index (κ1) is 142. The molecule has 12 heterocycles. The lowest BCUT2D eigenvalue weighted by atomic mass is 9.80. The van der Waals surface area contributed by atoms with Crippen molar-refractivity contribution in [2.75, 3.05) is 12.0 Å². The first-order valence-corrected chi connectivity index (χ1v) is 42.8. The number of rotatable bonds is 22.